The molecule has 0 saturated heterocycles. The van der Waals surface area contributed by atoms with E-state index in [1.165, 1.54) is 0 Å². The summed E-state index contributed by atoms with van der Waals surface area (Å²) in [5.41, 5.74) is -0.618. The number of Topliss-reactive ketones (excluding diaryl/α,β-unsaturated/α-hetero) is 2. The minimum atomic E-state index is -0.309. The van der Waals surface area contributed by atoms with E-state index in [1.54, 1.807) is 22.0 Å². The molecule has 0 spiro atoms. The van der Waals surface area contributed by atoms with Crippen LogP contribution in [-0.4, -0.2) is 52.0 Å². The van der Waals surface area contributed by atoms with Crippen LogP contribution in [-0.2, 0) is 20.7 Å². The van der Waals surface area contributed by atoms with E-state index in [2.05, 4.69) is 31.1 Å². The molecular weight excluding hydrogens is 348 g/mol. The maximum absolute atomic E-state index is 12.1. The Labute approximate surface area is 158 Å². The van der Waals surface area contributed by atoms with Gasteiger partial charge < -0.3 is 0 Å². The lowest BCUT2D eigenvalue weighted by atomic mass is 9.94. The molecule has 10 nitrogen and oxygen atoms in total. The summed E-state index contributed by atoms with van der Waals surface area (Å²) in [6, 6.07) is 0. The number of carbonyl (C=O) groups is 2. The van der Waals surface area contributed by atoms with Gasteiger partial charge in [0.15, 0.2) is 0 Å². The van der Waals surface area contributed by atoms with Gasteiger partial charge in [0.1, 0.15) is 24.2 Å². The second kappa shape index (κ2) is 8.92. The van der Waals surface area contributed by atoms with Crippen LogP contribution in [0.15, 0.2) is 12.7 Å². The number of hydrogen-bond donors (Lipinski definition) is 0. The molecule has 0 aliphatic rings. The highest BCUT2D eigenvalue weighted by Gasteiger charge is 2.24. The Morgan fingerprint density at radius 3 is 1.48 bits per heavy atom. The van der Waals surface area contributed by atoms with Gasteiger partial charge in [-0.2, -0.15) is 0 Å². The van der Waals surface area contributed by atoms with Gasteiger partial charge in [0.05, 0.1) is 11.1 Å². The lowest BCUT2D eigenvalue weighted by molar-refractivity contribution is -0.120. The van der Waals surface area contributed by atoms with Crippen molar-refractivity contribution in [3.63, 3.8) is 0 Å². The fourth-order valence-electron chi connectivity index (χ4n) is 2.73. The molecule has 2 aromatic rings. The van der Waals surface area contributed by atoms with Crippen LogP contribution in [0.1, 0.15) is 72.6 Å². The third-order valence-corrected chi connectivity index (χ3v) is 4.88. The van der Waals surface area contributed by atoms with Gasteiger partial charge in [0.25, 0.3) is 0 Å². The van der Waals surface area contributed by atoms with Crippen molar-refractivity contribution in [3.8, 4) is 0 Å². The Morgan fingerprint density at radius 2 is 1.15 bits per heavy atom. The summed E-state index contributed by atoms with van der Waals surface area (Å²) in [7, 11) is 0. The van der Waals surface area contributed by atoms with E-state index in [0.29, 0.717) is 44.9 Å². The average Bonchev–Trinajstić information content (AvgIpc) is 3.32. The van der Waals surface area contributed by atoms with E-state index in [4.69, 9.17) is 0 Å². The molecular formula is C17H28N8O2. The summed E-state index contributed by atoms with van der Waals surface area (Å²) in [4.78, 5) is 24.2. The molecule has 0 atom stereocenters. The molecule has 10 heteroatoms. The number of tetrazole rings is 2. The van der Waals surface area contributed by atoms with Crippen LogP contribution in [0, 0.1) is 0 Å². The van der Waals surface area contributed by atoms with Crippen molar-refractivity contribution in [1.82, 2.24) is 40.4 Å². The largest absolute Gasteiger partial charge is 0.300 e. The standard InChI is InChI=1S/C17H28N8O2/c1-16(2,24-12-18-20-22-24)10-8-14(26)6-5-7-15(27)9-11-17(3,4)25-13-19-21-23-25/h12-13H,5-11H2,1-4H3. The third kappa shape index (κ3) is 6.30. The van der Waals surface area contributed by atoms with Gasteiger partial charge in [-0.25, -0.2) is 9.36 Å². The molecule has 0 aliphatic heterocycles. The Balaban J connectivity index is 1.64. The van der Waals surface area contributed by atoms with Crippen molar-refractivity contribution >= 4 is 11.6 Å². The third-order valence-electron chi connectivity index (χ3n) is 4.88. The number of carbonyl (C=O) groups excluding carboxylic acids is 2. The summed E-state index contributed by atoms with van der Waals surface area (Å²) in [6.45, 7) is 7.97. The predicted molar refractivity (Wildman–Crippen MR) is 96.6 cm³/mol. The van der Waals surface area contributed by atoms with Crippen molar-refractivity contribution in [1.29, 1.82) is 0 Å². The molecule has 0 bridgehead atoms. The summed E-state index contributed by atoms with van der Waals surface area (Å²) in [5, 5.41) is 22.3. The maximum Gasteiger partial charge on any atom is 0.138 e. The second-order valence-electron chi connectivity index (χ2n) is 8.06. The van der Waals surface area contributed by atoms with Crippen LogP contribution in [0.3, 0.4) is 0 Å². The quantitative estimate of drug-likeness (QED) is 0.548. The van der Waals surface area contributed by atoms with E-state index in [0.717, 1.165) is 0 Å². The number of aromatic nitrogens is 8. The van der Waals surface area contributed by atoms with Crippen molar-refractivity contribution in [2.75, 3.05) is 0 Å². The molecule has 2 rings (SSSR count). The van der Waals surface area contributed by atoms with Gasteiger partial charge in [0, 0.05) is 25.7 Å². The topological polar surface area (TPSA) is 121 Å². The molecule has 27 heavy (non-hydrogen) atoms. The van der Waals surface area contributed by atoms with E-state index >= 15 is 0 Å². The number of hydrogen-bond acceptors (Lipinski definition) is 8. The zero-order valence-corrected chi connectivity index (χ0v) is 16.5. The van der Waals surface area contributed by atoms with Crippen LogP contribution >= 0.6 is 0 Å². The molecule has 0 saturated carbocycles. The highest BCUT2D eigenvalue weighted by atomic mass is 16.1. The Hall–Kier alpha value is -2.52. The first kappa shape index (κ1) is 20.8. The number of rotatable bonds is 12. The fraction of sp³-hybridized carbons (Fsp3) is 0.765. The maximum atomic E-state index is 12.1. The van der Waals surface area contributed by atoms with E-state index in [-0.39, 0.29) is 22.6 Å². The van der Waals surface area contributed by atoms with E-state index in [1.807, 2.05) is 27.7 Å². The van der Waals surface area contributed by atoms with Gasteiger partial charge in [-0.05, 0) is 67.8 Å². The SMILES string of the molecule is CC(C)(CCC(=O)CCCC(=O)CCC(C)(C)n1cnnn1)n1cnnn1. The van der Waals surface area contributed by atoms with Crippen molar-refractivity contribution in [2.45, 2.75) is 83.7 Å². The predicted octanol–water partition coefficient (Wildman–Crippen LogP) is 1.70. The molecule has 0 unspecified atom stereocenters. The molecule has 0 aliphatic carbocycles. The average molecular weight is 376 g/mol. The van der Waals surface area contributed by atoms with Crippen molar-refractivity contribution in [3.05, 3.63) is 12.7 Å². The minimum Gasteiger partial charge on any atom is -0.300 e. The first-order valence-corrected chi connectivity index (χ1v) is 9.21. The minimum absolute atomic E-state index is 0.165. The highest BCUT2D eigenvalue weighted by molar-refractivity contribution is 5.81. The molecule has 0 N–H and O–H groups in total. The van der Waals surface area contributed by atoms with Crippen LogP contribution < -0.4 is 0 Å². The first-order valence-electron chi connectivity index (χ1n) is 9.21. The lowest BCUT2D eigenvalue weighted by Crippen LogP contribution is -2.28. The molecule has 0 radical (unpaired) electrons. The molecule has 0 fully saturated rings. The molecule has 0 amide bonds. The van der Waals surface area contributed by atoms with Gasteiger partial charge in [0.2, 0.25) is 0 Å². The molecule has 0 aromatic carbocycles. The molecule has 148 valence electrons. The smallest absolute Gasteiger partial charge is 0.138 e. The molecule has 2 aromatic heterocycles. The van der Waals surface area contributed by atoms with Gasteiger partial charge in [-0.1, -0.05) is 0 Å². The summed E-state index contributed by atoms with van der Waals surface area (Å²) in [5.74, 6) is 0.330. The first-order chi connectivity index (χ1) is 12.7. The van der Waals surface area contributed by atoms with Crippen LogP contribution in [0.25, 0.3) is 0 Å². The van der Waals surface area contributed by atoms with E-state index in [9.17, 15) is 9.59 Å². The summed E-state index contributed by atoms with van der Waals surface area (Å²) >= 11 is 0. The lowest BCUT2D eigenvalue weighted by Gasteiger charge is -2.23. The summed E-state index contributed by atoms with van der Waals surface area (Å²) in [6.07, 6.45) is 6.77. The monoisotopic (exact) mass is 376 g/mol. The van der Waals surface area contributed by atoms with Crippen molar-refractivity contribution < 1.29 is 9.59 Å². The van der Waals surface area contributed by atoms with Crippen molar-refractivity contribution in [2.24, 2.45) is 0 Å². The van der Waals surface area contributed by atoms with E-state index < -0.39 is 0 Å². The Kier molecular flexibility index (Phi) is 6.86. The Bertz CT molecular complexity index is 660. The second-order valence-corrected chi connectivity index (χ2v) is 8.06. The fourth-order valence-corrected chi connectivity index (χ4v) is 2.73. The van der Waals surface area contributed by atoms with Gasteiger partial charge in [-0.15, -0.1) is 10.2 Å². The number of ketones is 2. The van der Waals surface area contributed by atoms with Gasteiger partial charge >= 0.3 is 0 Å². The van der Waals surface area contributed by atoms with Crippen LogP contribution in [0.4, 0.5) is 0 Å². The van der Waals surface area contributed by atoms with Gasteiger partial charge in [-0.3, -0.25) is 9.59 Å². The molecule has 2 heterocycles. The van der Waals surface area contributed by atoms with Crippen LogP contribution in [0.2, 0.25) is 0 Å². The number of nitrogens with zero attached hydrogens (tertiary/aromatic N) is 8. The Morgan fingerprint density at radius 1 is 0.741 bits per heavy atom. The highest BCUT2D eigenvalue weighted by Crippen LogP contribution is 2.22. The normalized spacial score (nSPS) is 12.3. The zero-order valence-electron chi connectivity index (χ0n) is 16.5. The zero-order chi connectivity index (χ0) is 19.9. The van der Waals surface area contributed by atoms with Crippen LogP contribution in [0.5, 0.6) is 0 Å². The summed E-state index contributed by atoms with van der Waals surface area (Å²) < 4.78 is 3.33.